The molecule has 0 bridgehead atoms. The van der Waals surface area contributed by atoms with Crippen LogP contribution in [-0.4, -0.2) is 59.1 Å². The van der Waals surface area contributed by atoms with Crippen LogP contribution in [0, 0.1) is 11.2 Å². The molecule has 1 saturated heterocycles. The van der Waals surface area contributed by atoms with Crippen LogP contribution in [0.15, 0.2) is 60.8 Å². The number of benzene rings is 2. The lowest BCUT2D eigenvalue weighted by Gasteiger charge is -2.50. The maximum Gasteiger partial charge on any atom is 0.231 e. The molecule has 0 spiro atoms. The van der Waals surface area contributed by atoms with Crippen molar-refractivity contribution in [2.45, 2.75) is 13.0 Å². The molecule has 1 aliphatic rings. The van der Waals surface area contributed by atoms with Gasteiger partial charge in [-0.05, 0) is 41.8 Å². The van der Waals surface area contributed by atoms with Crippen LogP contribution in [0.4, 0.5) is 4.39 Å². The third-order valence-electron chi connectivity index (χ3n) is 5.85. The first-order chi connectivity index (χ1) is 14.5. The molecule has 4 rings (SSSR count). The third-order valence-corrected chi connectivity index (χ3v) is 5.85. The molecule has 30 heavy (non-hydrogen) atoms. The van der Waals surface area contributed by atoms with E-state index in [9.17, 15) is 14.3 Å². The molecule has 1 amide bonds. The molecule has 0 saturated carbocycles. The number of rotatable bonds is 7. The summed E-state index contributed by atoms with van der Waals surface area (Å²) in [5.74, 6) is -0.325. The van der Waals surface area contributed by atoms with Gasteiger partial charge in [-0.3, -0.25) is 14.7 Å². The topological polar surface area (TPSA) is 56.7 Å². The van der Waals surface area contributed by atoms with E-state index in [1.165, 1.54) is 6.07 Å². The molecule has 1 N–H and O–H groups in total. The van der Waals surface area contributed by atoms with Gasteiger partial charge in [0.15, 0.2) is 0 Å². The van der Waals surface area contributed by atoms with Gasteiger partial charge in [0.2, 0.25) is 5.91 Å². The number of carbonyl (C=O) groups excluding carboxylic acids is 1. The summed E-state index contributed by atoms with van der Waals surface area (Å²) in [5.41, 5.74) is 2.00. The average Bonchev–Trinajstić information content (AvgIpc) is 2.73. The van der Waals surface area contributed by atoms with Gasteiger partial charge in [-0.2, -0.15) is 0 Å². The highest BCUT2D eigenvalue weighted by Gasteiger charge is 2.50. The Labute approximate surface area is 175 Å². The second-order valence-electron chi connectivity index (χ2n) is 8.17. The fraction of sp³-hybridized carbons (Fsp3) is 0.333. The number of aliphatic hydroxyl groups is 1. The van der Waals surface area contributed by atoms with E-state index in [2.05, 4.69) is 22.0 Å². The fourth-order valence-corrected chi connectivity index (χ4v) is 4.39. The highest BCUT2D eigenvalue weighted by atomic mass is 19.1. The first kappa shape index (κ1) is 20.4. The van der Waals surface area contributed by atoms with Gasteiger partial charge in [0, 0.05) is 44.8 Å². The summed E-state index contributed by atoms with van der Waals surface area (Å²) in [7, 11) is 1.70. The normalized spacial score (nSPS) is 15.7. The van der Waals surface area contributed by atoms with Gasteiger partial charge in [0.1, 0.15) is 5.82 Å². The highest BCUT2D eigenvalue weighted by Crippen LogP contribution is 2.37. The standard InChI is InChI=1S/C24H26FN3O2/c1-27(11-12-29)23(30)24(14-20-5-2-3-7-21(20)25)16-28(17-24)15-18-8-9-22-19(13-18)6-4-10-26-22/h2-10,13,29H,11-12,14-17H2,1H3. The molecule has 0 radical (unpaired) electrons. The second-order valence-corrected chi connectivity index (χ2v) is 8.17. The van der Waals surface area contributed by atoms with Gasteiger partial charge in [0.25, 0.3) is 0 Å². The molecule has 3 aromatic rings. The predicted octanol–water partition coefficient (Wildman–Crippen LogP) is 2.87. The van der Waals surface area contributed by atoms with E-state index in [1.807, 2.05) is 18.2 Å². The van der Waals surface area contributed by atoms with Gasteiger partial charge in [0.05, 0.1) is 17.5 Å². The molecule has 5 nitrogen and oxygen atoms in total. The largest absolute Gasteiger partial charge is 0.395 e. The summed E-state index contributed by atoms with van der Waals surface area (Å²) in [6.07, 6.45) is 2.13. The van der Waals surface area contributed by atoms with Gasteiger partial charge in [-0.1, -0.05) is 30.3 Å². The number of carbonyl (C=O) groups is 1. The number of hydrogen-bond donors (Lipinski definition) is 1. The summed E-state index contributed by atoms with van der Waals surface area (Å²) >= 11 is 0. The summed E-state index contributed by atoms with van der Waals surface area (Å²) < 4.78 is 14.3. The molecule has 0 aliphatic carbocycles. The van der Waals surface area contributed by atoms with Crippen molar-refractivity contribution in [2.75, 3.05) is 33.3 Å². The number of likely N-dealkylation sites (N-methyl/N-ethyl adjacent to an activating group) is 1. The Morgan fingerprint density at radius 2 is 2.00 bits per heavy atom. The quantitative estimate of drug-likeness (QED) is 0.654. The van der Waals surface area contributed by atoms with Gasteiger partial charge in [-0.15, -0.1) is 0 Å². The average molecular weight is 407 g/mol. The molecule has 1 fully saturated rings. The first-order valence-electron chi connectivity index (χ1n) is 10.2. The number of aliphatic hydroxyl groups excluding tert-OH is 1. The molecule has 2 heterocycles. The van der Waals surface area contributed by atoms with Crippen LogP contribution in [0.2, 0.25) is 0 Å². The Kier molecular flexibility index (Phi) is 5.79. The van der Waals surface area contributed by atoms with E-state index >= 15 is 0 Å². The minimum Gasteiger partial charge on any atom is -0.395 e. The summed E-state index contributed by atoms with van der Waals surface area (Å²) in [5, 5.41) is 10.3. The first-order valence-corrected chi connectivity index (χ1v) is 10.2. The van der Waals surface area contributed by atoms with E-state index < -0.39 is 5.41 Å². The molecule has 0 unspecified atom stereocenters. The number of amides is 1. The van der Waals surface area contributed by atoms with E-state index in [0.717, 1.165) is 23.0 Å². The number of fused-ring (bicyclic) bond motifs is 1. The number of hydrogen-bond acceptors (Lipinski definition) is 4. The number of likely N-dealkylation sites (tertiary alicyclic amines) is 1. The van der Waals surface area contributed by atoms with Crippen molar-refractivity contribution in [2.24, 2.45) is 5.41 Å². The molecule has 2 aromatic carbocycles. The predicted molar refractivity (Wildman–Crippen MR) is 114 cm³/mol. The lowest BCUT2D eigenvalue weighted by atomic mass is 9.73. The van der Waals surface area contributed by atoms with Crippen LogP contribution in [0.1, 0.15) is 11.1 Å². The molecule has 1 aromatic heterocycles. The Morgan fingerprint density at radius 3 is 2.77 bits per heavy atom. The van der Waals surface area contributed by atoms with Crippen LogP contribution in [0.25, 0.3) is 10.9 Å². The number of pyridine rings is 1. The zero-order valence-electron chi connectivity index (χ0n) is 17.1. The second kappa shape index (κ2) is 8.50. The smallest absolute Gasteiger partial charge is 0.231 e. The van der Waals surface area contributed by atoms with Crippen LogP contribution in [-0.2, 0) is 17.8 Å². The number of halogens is 1. The molecule has 6 heteroatoms. The Hall–Kier alpha value is -2.83. The van der Waals surface area contributed by atoms with Crippen LogP contribution < -0.4 is 0 Å². The van der Waals surface area contributed by atoms with Crippen LogP contribution >= 0.6 is 0 Å². The lowest BCUT2D eigenvalue weighted by Crippen LogP contribution is -2.64. The van der Waals surface area contributed by atoms with E-state index in [-0.39, 0.29) is 24.9 Å². The van der Waals surface area contributed by atoms with Crippen LogP contribution in [0.3, 0.4) is 0 Å². The zero-order valence-corrected chi connectivity index (χ0v) is 17.1. The maximum atomic E-state index is 14.3. The van der Waals surface area contributed by atoms with Crippen LogP contribution in [0.5, 0.6) is 0 Å². The van der Waals surface area contributed by atoms with Crippen molar-refractivity contribution in [1.82, 2.24) is 14.8 Å². The Bertz CT molecular complexity index is 1050. The maximum absolute atomic E-state index is 14.3. The van der Waals surface area contributed by atoms with Crippen molar-refractivity contribution in [3.63, 3.8) is 0 Å². The Morgan fingerprint density at radius 1 is 1.20 bits per heavy atom. The van der Waals surface area contributed by atoms with E-state index in [0.29, 0.717) is 25.1 Å². The summed E-state index contributed by atoms with van der Waals surface area (Å²) in [6, 6.07) is 16.8. The van der Waals surface area contributed by atoms with Crippen molar-refractivity contribution in [3.8, 4) is 0 Å². The van der Waals surface area contributed by atoms with Gasteiger partial charge < -0.3 is 10.0 Å². The molecular formula is C24H26FN3O2. The van der Waals surface area contributed by atoms with Crippen molar-refractivity contribution in [3.05, 3.63) is 77.7 Å². The third kappa shape index (κ3) is 4.06. The van der Waals surface area contributed by atoms with E-state index in [1.54, 1.807) is 36.3 Å². The molecule has 0 atom stereocenters. The van der Waals surface area contributed by atoms with E-state index in [4.69, 9.17) is 0 Å². The number of nitrogens with zero attached hydrogens (tertiary/aromatic N) is 3. The minimum atomic E-state index is -0.676. The summed E-state index contributed by atoms with van der Waals surface area (Å²) in [4.78, 5) is 21.3. The molecular weight excluding hydrogens is 381 g/mol. The SMILES string of the molecule is CN(CCO)C(=O)C1(Cc2ccccc2F)CN(Cc2ccc3ncccc3c2)C1. The zero-order chi connectivity index (χ0) is 21.1. The Balaban J connectivity index is 1.52. The molecule has 156 valence electrons. The monoisotopic (exact) mass is 407 g/mol. The highest BCUT2D eigenvalue weighted by molar-refractivity contribution is 5.84. The fourth-order valence-electron chi connectivity index (χ4n) is 4.39. The number of aromatic nitrogens is 1. The van der Waals surface area contributed by atoms with Gasteiger partial charge >= 0.3 is 0 Å². The van der Waals surface area contributed by atoms with Crippen molar-refractivity contribution in [1.29, 1.82) is 0 Å². The molecule has 1 aliphatic heterocycles. The van der Waals surface area contributed by atoms with Gasteiger partial charge in [-0.25, -0.2) is 4.39 Å². The van der Waals surface area contributed by atoms with Crippen molar-refractivity contribution >= 4 is 16.8 Å². The minimum absolute atomic E-state index is 0.0428. The lowest BCUT2D eigenvalue weighted by molar-refractivity contribution is -0.153. The summed E-state index contributed by atoms with van der Waals surface area (Å²) in [6.45, 7) is 2.02. The van der Waals surface area contributed by atoms with Crippen molar-refractivity contribution < 1.29 is 14.3 Å².